The van der Waals surface area contributed by atoms with Gasteiger partial charge in [0.25, 0.3) is 0 Å². The van der Waals surface area contributed by atoms with Gasteiger partial charge in [-0.1, -0.05) is 18.2 Å². The zero-order chi connectivity index (χ0) is 18.6. The molecular weight excluding hydrogens is 334 g/mol. The number of rotatable bonds is 10. The number of aliphatic hydroxyl groups is 1. The number of urea groups is 1. The van der Waals surface area contributed by atoms with E-state index in [0.29, 0.717) is 25.3 Å². The van der Waals surface area contributed by atoms with Crippen LogP contribution in [0.15, 0.2) is 54.6 Å². The second-order valence-electron chi connectivity index (χ2n) is 5.59. The molecule has 2 aromatic carbocycles. The molecule has 7 nitrogen and oxygen atoms in total. The van der Waals surface area contributed by atoms with Gasteiger partial charge in [-0.3, -0.25) is 0 Å². The van der Waals surface area contributed by atoms with Crippen LogP contribution in [0.2, 0.25) is 0 Å². The van der Waals surface area contributed by atoms with Gasteiger partial charge in [-0.05, 0) is 36.4 Å². The van der Waals surface area contributed by atoms with Gasteiger partial charge in [0, 0.05) is 25.3 Å². The number of amides is 2. The SMILES string of the molecule is COc1ccc(NC(=O)NCCNCC(O)COc2ccccc2)cc1. The molecule has 2 aromatic rings. The first-order chi connectivity index (χ1) is 12.7. The van der Waals surface area contributed by atoms with Crippen LogP contribution in [0.3, 0.4) is 0 Å². The first-order valence-electron chi connectivity index (χ1n) is 8.43. The van der Waals surface area contributed by atoms with E-state index in [2.05, 4.69) is 16.0 Å². The summed E-state index contributed by atoms with van der Waals surface area (Å²) in [6, 6.07) is 16.1. The van der Waals surface area contributed by atoms with Gasteiger partial charge in [-0.25, -0.2) is 4.79 Å². The Morgan fingerprint density at radius 3 is 2.46 bits per heavy atom. The molecule has 0 bridgehead atoms. The largest absolute Gasteiger partial charge is 0.497 e. The fourth-order valence-corrected chi connectivity index (χ4v) is 2.15. The lowest BCUT2D eigenvalue weighted by atomic mass is 10.3. The monoisotopic (exact) mass is 359 g/mol. The molecule has 0 aliphatic heterocycles. The molecule has 4 N–H and O–H groups in total. The van der Waals surface area contributed by atoms with E-state index in [1.54, 1.807) is 31.4 Å². The van der Waals surface area contributed by atoms with Crippen molar-refractivity contribution in [1.29, 1.82) is 0 Å². The number of carbonyl (C=O) groups excluding carboxylic acids is 1. The second-order valence-corrected chi connectivity index (χ2v) is 5.59. The van der Waals surface area contributed by atoms with E-state index in [9.17, 15) is 9.90 Å². The molecule has 0 aromatic heterocycles. The molecule has 0 radical (unpaired) electrons. The van der Waals surface area contributed by atoms with Crippen LogP contribution in [0.1, 0.15) is 0 Å². The normalized spacial score (nSPS) is 11.5. The van der Waals surface area contributed by atoms with Crippen LogP contribution in [0.25, 0.3) is 0 Å². The number of anilines is 1. The van der Waals surface area contributed by atoms with Crippen LogP contribution in [-0.4, -0.2) is 50.6 Å². The quantitative estimate of drug-likeness (QED) is 0.486. The molecular formula is C19H25N3O4. The minimum Gasteiger partial charge on any atom is -0.497 e. The Morgan fingerprint density at radius 2 is 1.77 bits per heavy atom. The van der Waals surface area contributed by atoms with Crippen LogP contribution in [0.5, 0.6) is 11.5 Å². The van der Waals surface area contributed by atoms with Crippen LogP contribution in [-0.2, 0) is 0 Å². The molecule has 26 heavy (non-hydrogen) atoms. The lowest BCUT2D eigenvalue weighted by Crippen LogP contribution is -2.38. The highest BCUT2D eigenvalue weighted by Gasteiger charge is 2.05. The van der Waals surface area contributed by atoms with Crippen LogP contribution in [0, 0.1) is 0 Å². The van der Waals surface area contributed by atoms with Crippen molar-refractivity contribution >= 4 is 11.7 Å². The van der Waals surface area contributed by atoms with Crippen molar-refractivity contribution in [2.24, 2.45) is 0 Å². The number of aliphatic hydroxyl groups excluding tert-OH is 1. The lowest BCUT2D eigenvalue weighted by molar-refractivity contribution is 0.106. The molecule has 2 rings (SSSR count). The molecule has 2 amide bonds. The Bertz CT molecular complexity index is 650. The zero-order valence-electron chi connectivity index (χ0n) is 14.8. The summed E-state index contributed by atoms with van der Waals surface area (Å²) in [6.07, 6.45) is -0.622. The maximum Gasteiger partial charge on any atom is 0.319 e. The molecule has 0 saturated heterocycles. The molecule has 140 valence electrons. The summed E-state index contributed by atoms with van der Waals surface area (Å²) in [4.78, 5) is 11.8. The molecule has 1 unspecified atom stereocenters. The fourth-order valence-electron chi connectivity index (χ4n) is 2.15. The Labute approximate surface area is 153 Å². The summed E-state index contributed by atoms with van der Waals surface area (Å²) in [5.74, 6) is 1.46. The fraction of sp³-hybridized carbons (Fsp3) is 0.316. The van der Waals surface area contributed by atoms with Gasteiger partial charge < -0.3 is 30.5 Å². The van der Waals surface area contributed by atoms with Gasteiger partial charge in [0.1, 0.15) is 24.2 Å². The van der Waals surface area contributed by atoms with Crippen LogP contribution in [0.4, 0.5) is 10.5 Å². The number of hydrogen-bond acceptors (Lipinski definition) is 5. The maximum absolute atomic E-state index is 11.8. The number of carbonyl (C=O) groups is 1. The van der Waals surface area contributed by atoms with Crippen molar-refractivity contribution < 1.29 is 19.4 Å². The average Bonchev–Trinajstić information content (AvgIpc) is 2.67. The van der Waals surface area contributed by atoms with Gasteiger partial charge in [0.15, 0.2) is 0 Å². The van der Waals surface area contributed by atoms with Gasteiger partial charge in [0.2, 0.25) is 0 Å². The number of nitrogens with one attached hydrogen (secondary N) is 3. The van der Waals surface area contributed by atoms with E-state index < -0.39 is 6.10 Å². The van der Waals surface area contributed by atoms with Gasteiger partial charge >= 0.3 is 6.03 Å². The number of ether oxygens (including phenoxy) is 2. The third kappa shape index (κ3) is 7.42. The number of methoxy groups -OCH3 is 1. The van der Waals surface area contributed by atoms with Gasteiger partial charge in [-0.2, -0.15) is 0 Å². The van der Waals surface area contributed by atoms with E-state index in [1.807, 2.05) is 30.3 Å². The molecule has 1 atom stereocenters. The number of para-hydroxylation sites is 1. The predicted molar refractivity (Wildman–Crippen MR) is 101 cm³/mol. The van der Waals surface area contributed by atoms with Crippen molar-refractivity contribution in [3.8, 4) is 11.5 Å². The minimum atomic E-state index is -0.622. The average molecular weight is 359 g/mol. The summed E-state index contributed by atoms with van der Waals surface area (Å²) >= 11 is 0. The van der Waals surface area contributed by atoms with Gasteiger partial charge in [-0.15, -0.1) is 0 Å². The van der Waals surface area contributed by atoms with Gasteiger partial charge in [0.05, 0.1) is 7.11 Å². The van der Waals surface area contributed by atoms with Crippen molar-refractivity contribution in [2.75, 3.05) is 38.7 Å². The predicted octanol–water partition coefficient (Wildman–Crippen LogP) is 1.85. The summed E-state index contributed by atoms with van der Waals surface area (Å²) in [7, 11) is 1.59. The second kappa shape index (κ2) is 11.0. The van der Waals surface area contributed by atoms with Crippen molar-refractivity contribution in [2.45, 2.75) is 6.10 Å². The van der Waals surface area contributed by atoms with Crippen LogP contribution >= 0.6 is 0 Å². The molecule has 0 aliphatic carbocycles. The highest BCUT2D eigenvalue weighted by molar-refractivity contribution is 5.89. The molecule has 0 saturated carbocycles. The number of hydrogen-bond donors (Lipinski definition) is 4. The topological polar surface area (TPSA) is 91.9 Å². The van der Waals surface area contributed by atoms with E-state index >= 15 is 0 Å². The third-order valence-corrected chi connectivity index (χ3v) is 3.50. The number of benzene rings is 2. The smallest absolute Gasteiger partial charge is 0.319 e. The van der Waals surface area contributed by atoms with Crippen molar-refractivity contribution in [3.63, 3.8) is 0 Å². The molecule has 0 heterocycles. The molecule has 0 fully saturated rings. The zero-order valence-corrected chi connectivity index (χ0v) is 14.8. The first kappa shape index (κ1) is 19.6. The van der Waals surface area contributed by atoms with Crippen molar-refractivity contribution in [1.82, 2.24) is 10.6 Å². The van der Waals surface area contributed by atoms with E-state index in [0.717, 1.165) is 11.5 Å². The Balaban J connectivity index is 1.53. The van der Waals surface area contributed by atoms with Crippen LogP contribution < -0.4 is 25.4 Å². The summed E-state index contributed by atoms with van der Waals surface area (Å²) in [5.41, 5.74) is 0.685. The standard InChI is InChI=1S/C19H25N3O4/c1-25-17-9-7-15(8-10-17)22-19(24)21-12-11-20-13-16(23)14-26-18-5-3-2-4-6-18/h2-10,16,20,23H,11-14H2,1H3,(H2,21,22,24). The Morgan fingerprint density at radius 1 is 1.04 bits per heavy atom. The van der Waals surface area contributed by atoms with Crippen molar-refractivity contribution in [3.05, 3.63) is 54.6 Å². The van der Waals surface area contributed by atoms with E-state index in [-0.39, 0.29) is 12.6 Å². The highest BCUT2D eigenvalue weighted by Crippen LogP contribution is 2.14. The highest BCUT2D eigenvalue weighted by atomic mass is 16.5. The van der Waals surface area contributed by atoms with E-state index in [4.69, 9.17) is 9.47 Å². The summed E-state index contributed by atoms with van der Waals surface area (Å²) in [5, 5.41) is 18.4. The Kier molecular flexibility index (Phi) is 8.25. The molecule has 0 aliphatic rings. The Hall–Kier alpha value is -2.77. The lowest BCUT2D eigenvalue weighted by Gasteiger charge is -2.13. The van der Waals surface area contributed by atoms with E-state index in [1.165, 1.54) is 0 Å². The third-order valence-electron chi connectivity index (χ3n) is 3.50. The molecule has 7 heteroatoms. The summed E-state index contributed by atoms with van der Waals surface area (Å²) in [6.45, 7) is 1.57. The first-order valence-corrected chi connectivity index (χ1v) is 8.43. The molecule has 0 spiro atoms. The summed E-state index contributed by atoms with van der Waals surface area (Å²) < 4.78 is 10.5. The minimum absolute atomic E-state index is 0.211. The maximum atomic E-state index is 11.8.